The summed E-state index contributed by atoms with van der Waals surface area (Å²) in [4.78, 5) is 11.2. The first-order chi connectivity index (χ1) is 7.16. The second-order valence-corrected chi connectivity index (χ2v) is 4.08. The van der Waals surface area contributed by atoms with Gasteiger partial charge < -0.3 is 15.8 Å². The summed E-state index contributed by atoms with van der Waals surface area (Å²) in [6.07, 6.45) is -3.87. The summed E-state index contributed by atoms with van der Waals surface area (Å²) < 4.78 is 39.3. The summed E-state index contributed by atoms with van der Waals surface area (Å²) in [6.45, 7) is 1.84. The van der Waals surface area contributed by atoms with Gasteiger partial charge in [0.1, 0.15) is 13.2 Å². The lowest BCUT2D eigenvalue weighted by atomic mass is 10.0. The summed E-state index contributed by atoms with van der Waals surface area (Å²) in [6, 6.07) is 0. The van der Waals surface area contributed by atoms with Gasteiger partial charge in [-0.25, -0.2) is 0 Å². The fraction of sp³-hybridized carbons (Fsp3) is 0.889. The van der Waals surface area contributed by atoms with E-state index < -0.39 is 30.8 Å². The molecule has 0 bridgehead atoms. The average Bonchev–Trinajstić information content (AvgIpc) is 1.99. The number of rotatable bonds is 6. The number of hydrogen-bond donors (Lipinski definition) is 2. The molecule has 7 heteroatoms. The minimum Gasteiger partial charge on any atom is -0.362 e. The number of amides is 1. The Kier molecular flexibility index (Phi) is 5.74. The Morgan fingerprint density at radius 2 is 1.94 bits per heavy atom. The van der Waals surface area contributed by atoms with Crippen molar-refractivity contribution < 1.29 is 22.7 Å². The zero-order chi connectivity index (χ0) is 12.8. The van der Waals surface area contributed by atoms with Crippen molar-refractivity contribution in [2.75, 3.05) is 19.8 Å². The third-order valence-electron chi connectivity index (χ3n) is 1.75. The minimum absolute atomic E-state index is 0.386. The lowest BCUT2D eigenvalue weighted by Crippen LogP contribution is -2.46. The summed E-state index contributed by atoms with van der Waals surface area (Å²) in [5.74, 6) is -0.581. The van der Waals surface area contributed by atoms with Crippen LogP contribution < -0.4 is 11.1 Å². The highest BCUT2D eigenvalue weighted by atomic mass is 19.4. The molecule has 4 nitrogen and oxygen atoms in total. The highest BCUT2D eigenvalue weighted by Gasteiger charge is 2.28. The molecule has 96 valence electrons. The van der Waals surface area contributed by atoms with Crippen molar-refractivity contribution in [3.8, 4) is 0 Å². The zero-order valence-electron chi connectivity index (χ0n) is 9.36. The molecule has 0 atom stereocenters. The Morgan fingerprint density at radius 3 is 2.38 bits per heavy atom. The number of carbonyl (C=O) groups is 1. The number of halogens is 3. The molecule has 16 heavy (non-hydrogen) atoms. The number of ether oxygens (including phenoxy) is 1. The molecular weight excluding hydrogens is 225 g/mol. The smallest absolute Gasteiger partial charge is 0.362 e. The quantitative estimate of drug-likeness (QED) is 0.724. The fourth-order valence-corrected chi connectivity index (χ4v) is 1.10. The van der Waals surface area contributed by atoms with Crippen LogP contribution >= 0.6 is 0 Å². The molecule has 0 fully saturated rings. The van der Waals surface area contributed by atoms with Gasteiger partial charge in [0.05, 0.1) is 0 Å². The van der Waals surface area contributed by atoms with Crippen molar-refractivity contribution in [3.63, 3.8) is 0 Å². The van der Waals surface area contributed by atoms with Gasteiger partial charge in [-0.3, -0.25) is 4.79 Å². The predicted octanol–water partition coefficient (Wildman–Crippen LogP) is 0.809. The lowest BCUT2D eigenvalue weighted by Gasteiger charge is -2.25. The van der Waals surface area contributed by atoms with Gasteiger partial charge in [-0.15, -0.1) is 0 Å². The normalized spacial score (nSPS) is 12.6. The molecule has 0 aromatic carbocycles. The molecule has 0 aromatic heterocycles. The first kappa shape index (κ1) is 15.2. The van der Waals surface area contributed by atoms with Crippen LogP contribution in [0.5, 0.6) is 0 Å². The number of carbonyl (C=O) groups excluding carboxylic acids is 1. The van der Waals surface area contributed by atoms with Crippen molar-refractivity contribution in [1.82, 2.24) is 5.32 Å². The second kappa shape index (κ2) is 6.05. The number of nitrogens with one attached hydrogen (secondary N) is 1. The first-order valence-electron chi connectivity index (χ1n) is 4.82. The van der Waals surface area contributed by atoms with E-state index in [1.807, 2.05) is 0 Å². The van der Waals surface area contributed by atoms with Gasteiger partial charge in [-0.05, 0) is 26.8 Å². The summed E-state index contributed by atoms with van der Waals surface area (Å²) in [7, 11) is 0. The maximum Gasteiger partial charge on any atom is 0.411 e. The number of alkyl halides is 3. The maximum atomic E-state index is 11.7. The zero-order valence-corrected chi connectivity index (χ0v) is 9.36. The third-order valence-corrected chi connectivity index (χ3v) is 1.75. The average molecular weight is 242 g/mol. The molecule has 0 radical (unpaired) electrons. The largest absolute Gasteiger partial charge is 0.411 e. The fourth-order valence-electron chi connectivity index (χ4n) is 1.10. The van der Waals surface area contributed by atoms with Crippen molar-refractivity contribution in [2.45, 2.75) is 32.0 Å². The predicted molar refractivity (Wildman–Crippen MR) is 52.8 cm³/mol. The van der Waals surface area contributed by atoms with E-state index in [2.05, 4.69) is 10.1 Å². The highest BCUT2D eigenvalue weighted by molar-refractivity contribution is 5.77. The van der Waals surface area contributed by atoms with Gasteiger partial charge in [0.25, 0.3) is 0 Å². The highest BCUT2D eigenvalue weighted by Crippen LogP contribution is 2.14. The van der Waals surface area contributed by atoms with Gasteiger partial charge >= 0.3 is 6.18 Å². The molecule has 3 N–H and O–H groups in total. The molecule has 0 heterocycles. The van der Waals surface area contributed by atoms with Crippen LogP contribution in [0.25, 0.3) is 0 Å². The SMILES string of the molecule is CC(C)(CCN)NC(=O)COCC(F)(F)F. The molecule has 0 aromatic rings. The Balaban J connectivity index is 3.83. The van der Waals surface area contributed by atoms with Crippen LogP contribution in [0.4, 0.5) is 13.2 Å². The van der Waals surface area contributed by atoms with Crippen molar-refractivity contribution >= 4 is 5.91 Å². The van der Waals surface area contributed by atoms with Crippen molar-refractivity contribution in [3.05, 3.63) is 0 Å². The van der Waals surface area contributed by atoms with Gasteiger partial charge in [-0.1, -0.05) is 0 Å². The standard InChI is InChI=1S/C9H17F3N2O2/c1-8(2,3-4-13)14-7(15)5-16-6-9(10,11)12/h3-6,13H2,1-2H3,(H,14,15). The Morgan fingerprint density at radius 1 is 1.38 bits per heavy atom. The monoisotopic (exact) mass is 242 g/mol. The molecule has 0 saturated carbocycles. The van der Waals surface area contributed by atoms with Crippen LogP contribution in [0.3, 0.4) is 0 Å². The second-order valence-electron chi connectivity index (χ2n) is 4.08. The summed E-state index contributed by atoms with van der Waals surface area (Å²) in [5, 5.41) is 2.53. The summed E-state index contributed by atoms with van der Waals surface area (Å²) in [5.41, 5.74) is 4.78. The van der Waals surface area contributed by atoms with Crippen LogP contribution in [0.15, 0.2) is 0 Å². The van der Waals surface area contributed by atoms with E-state index in [4.69, 9.17) is 5.73 Å². The van der Waals surface area contributed by atoms with E-state index in [9.17, 15) is 18.0 Å². The van der Waals surface area contributed by atoms with E-state index >= 15 is 0 Å². The van der Waals surface area contributed by atoms with Crippen LogP contribution in [-0.2, 0) is 9.53 Å². The third kappa shape index (κ3) is 8.49. The lowest BCUT2D eigenvalue weighted by molar-refractivity contribution is -0.175. The van der Waals surface area contributed by atoms with E-state index in [1.165, 1.54) is 0 Å². The first-order valence-corrected chi connectivity index (χ1v) is 4.82. The molecule has 0 aliphatic rings. The van der Waals surface area contributed by atoms with Crippen LogP contribution in [-0.4, -0.2) is 37.4 Å². The van der Waals surface area contributed by atoms with Crippen LogP contribution in [0.1, 0.15) is 20.3 Å². The number of hydrogen-bond acceptors (Lipinski definition) is 3. The topological polar surface area (TPSA) is 64.3 Å². The molecular formula is C9H17F3N2O2. The van der Waals surface area contributed by atoms with E-state index in [0.29, 0.717) is 13.0 Å². The van der Waals surface area contributed by atoms with Crippen LogP contribution in [0, 0.1) is 0 Å². The Bertz CT molecular complexity index is 229. The molecule has 0 aliphatic carbocycles. The Labute approximate surface area is 92.3 Å². The number of nitrogens with two attached hydrogens (primary N) is 1. The van der Waals surface area contributed by atoms with E-state index in [0.717, 1.165) is 0 Å². The van der Waals surface area contributed by atoms with Gasteiger partial charge in [0, 0.05) is 5.54 Å². The molecule has 0 unspecified atom stereocenters. The molecule has 0 rings (SSSR count). The van der Waals surface area contributed by atoms with Gasteiger partial charge in [0.15, 0.2) is 0 Å². The molecule has 0 spiro atoms. The van der Waals surface area contributed by atoms with Crippen LogP contribution in [0.2, 0.25) is 0 Å². The van der Waals surface area contributed by atoms with E-state index in [-0.39, 0.29) is 0 Å². The van der Waals surface area contributed by atoms with Gasteiger partial charge in [0.2, 0.25) is 5.91 Å². The molecule has 0 aliphatic heterocycles. The summed E-state index contributed by atoms with van der Waals surface area (Å²) >= 11 is 0. The Hall–Kier alpha value is -0.820. The van der Waals surface area contributed by atoms with Crippen molar-refractivity contribution in [2.24, 2.45) is 5.73 Å². The minimum atomic E-state index is -4.41. The van der Waals surface area contributed by atoms with E-state index in [1.54, 1.807) is 13.8 Å². The molecule has 0 saturated heterocycles. The van der Waals surface area contributed by atoms with Crippen molar-refractivity contribution in [1.29, 1.82) is 0 Å². The van der Waals surface area contributed by atoms with Gasteiger partial charge in [-0.2, -0.15) is 13.2 Å². The maximum absolute atomic E-state index is 11.7. The molecule has 1 amide bonds.